The number of pyridine rings is 1. The summed E-state index contributed by atoms with van der Waals surface area (Å²) in [5.74, 6) is 1.65. The zero-order chi connectivity index (χ0) is 25.2. The highest BCUT2D eigenvalue weighted by atomic mass is 19.1. The second kappa shape index (κ2) is 9.53. The summed E-state index contributed by atoms with van der Waals surface area (Å²) in [6, 6.07) is 11.8. The standard InChI is InChI=1S/C25H24FN9O/c1-28-20(7-9-27)31-25-29-10-8-19(30-25)16-12-21-32-33-24-17(11-15-3-5-18(26)6-4-15)14-23(36)34(2)22(13-16)35(21)24/h3-10,12-13,17H,11,14,27H2,1-2H3,(H,28,29,30,31). The maximum absolute atomic E-state index is 13.4. The number of hydrogen-bond acceptors (Lipinski definition) is 7. The lowest BCUT2D eigenvalue weighted by Gasteiger charge is -2.17. The van der Waals surface area contributed by atoms with Gasteiger partial charge in [-0.3, -0.25) is 14.2 Å². The maximum atomic E-state index is 13.4. The number of hydrogen-bond donors (Lipinski definition) is 2. The molecule has 1 atom stereocenters. The van der Waals surface area contributed by atoms with Crippen LogP contribution >= 0.6 is 0 Å². The third-order valence-electron chi connectivity index (χ3n) is 6.10. The summed E-state index contributed by atoms with van der Waals surface area (Å²) in [6.45, 7) is 0. The van der Waals surface area contributed by atoms with Crippen LogP contribution in [0.3, 0.4) is 0 Å². The number of aromatic nitrogens is 5. The zero-order valence-corrected chi connectivity index (χ0v) is 19.8. The highest BCUT2D eigenvalue weighted by molar-refractivity contribution is 6.02. The first-order chi connectivity index (χ1) is 17.5. The summed E-state index contributed by atoms with van der Waals surface area (Å²) in [6.07, 6.45) is 5.42. The van der Waals surface area contributed by atoms with Crippen molar-refractivity contribution in [2.45, 2.75) is 18.8 Å². The predicted molar refractivity (Wildman–Crippen MR) is 135 cm³/mol. The van der Waals surface area contributed by atoms with E-state index in [2.05, 4.69) is 30.5 Å². The Balaban J connectivity index is 1.55. The van der Waals surface area contributed by atoms with Gasteiger partial charge in [-0.15, -0.1) is 10.2 Å². The van der Waals surface area contributed by atoms with E-state index in [0.29, 0.717) is 41.2 Å². The van der Waals surface area contributed by atoms with E-state index in [1.807, 2.05) is 16.5 Å². The smallest absolute Gasteiger partial charge is 0.228 e. The van der Waals surface area contributed by atoms with Crippen molar-refractivity contribution in [3.63, 3.8) is 0 Å². The molecule has 1 aliphatic rings. The fourth-order valence-electron chi connectivity index (χ4n) is 4.27. The largest absolute Gasteiger partial charge is 0.404 e. The second-order valence-electron chi connectivity index (χ2n) is 8.40. The average Bonchev–Trinajstić information content (AvgIpc) is 3.28. The number of halogens is 1. The molecule has 0 aliphatic carbocycles. The van der Waals surface area contributed by atoms with Crippen molar-refractivity contribution in [2.75, 3.05) is 24.3 Å². The molecule has 1 aliphatic heterocycles. The normalized spacial score (nSPS) is 16.1. The van der Waals surface area contributed by atoms with Gasteiger partial charge in [0.15, 0.2) is 5.65 Å². The Morgan fingerprint density at radius 2 is 2.06 bits per heavy atom. The Labute approximate surface area is 206 Å². The fraction of sp³-hybridized carbons (Fsp3) is 0.200. The molecule has 11 heteroatoms. The van der Waals surface area contributed by atoms with Gasteiger partial charge in [0.2, 0.25) is 11.9 Å². The monoisotopic (exact) mass is 485 g/mol. The van der Waals surface area contributed by atoms with Gasteiger partial charge in [0.1, 0.15) is 23.3 Å². The maximum Gasteiger partial charge on any atom is 0.228 e. The molecule has 1 unspecified atom stereocenters. The highest BCUT2D eigenvalue weighted by Gasteiger charge is 2.30. The molecule has 0 bridgehead atoms. The van der Waals surface area contributed by atoms with E-state index < -0.39 is 0 Å². The van der Waals surface area contributed by atoms with Crippen molar-refractivity contribution in [1.29, 1.82) is 0 Å². The number of nitrogens with zero attached hydrogens (tertiary/aromatic N) is 7. The lowest BCUT2D eigenvalue weighted by molar-refractivity contribution is -0.118. The van der Waals surface area contributed by atoms with E-state index in [0.717, 1.165) is 11.1 Å². The van der Waals surface area contributed by atoms with Crippen LogP contribution in [0, 0.1) is 5.82 Å². The van der Waals surface area contributed by atoms with E-state index in [1.165, 1.54) is 18.3 Å². The number of nitrogens with two attached hydrogens (primary N) is 1. The van der Waals surface area contributed by atoms with Crippen LogP contribution in [-0.4, -0.2) is 50.4 Å². The number of benzene rings is 1. The lowest BCUT2D eigenvalue weighted by Crippen LogP contribution is -2.27. The van der Waals surface area contributed by atoms with E-state index in [4.69, 9.17) is 5.73 Å². The molecule has 4 heterocycles. The van der Waals surface area contributed by atoms with Crippen molar-refractivity contribution < 1.29 is 9.18 Å². The molecule has 0 fully saturated rings. The first kappa shape index (κ1) is 23.1. The Hall–Kier alpha value is -4.67. The molecule has 36 heavy (non-hydrogen) atoms. The van der Waals surface area contributed by atoms with Crippen molar-refractivity contribution in [3.8, 4) is 11.3 Å². The Morgan fingerprint density at radius 1 is 1.25 bits per heavy atom. The number of rotatable bonds is 5. The minimum Gasteiger partial charge on any atom is -0.404 e. The van der Waals surface area contributed by atoms with Crippen molar-refractivity contribution in [3.05, 3.63) is 78.1 Å². The number of carbonyl (C=O) groups excluding carboxylic acids is 1. The first-order valence-electron chi connectivity index (χ1n) is 11.3. The molecule has 3 aromatic heterocycles. The van der Waals surface area contributed by atoms with Crippen LogP contribution in [0.4, 0.5) is 16.2 Å². The van der Waals surface area contributed by atoms with Gasteiger partial charge in [0.05, 0.1) is 5.69 Å². The minimum absolute atomic E-state index is 0.0477. The van der Waals surface area contributed by atoms with Crippen LogP contribution in [0.15, 0.2) is 65.9 Å². The summed E-state index contributed by atoms with van der Waals surface area (Å²) in [4.78, 5) is 27.7. The summed E-state index contributed by atoms with van der Waals surface area (Å²) >= 11 is 0. The van der Waals surface area contributed by atoms with E-state index in [1.54, 1.807) is 49.5 Å². The molecule has 5 rings (SSSR count). The summed E-state index contributed by atoms with van der Waals surface area (Å²) < 4.78 is 15.3. The summed E-state index contributed by atoms with van der Waals surface area (Å²) in [5.41, 5.74) is 8.37. The highest BCUT2D eigenvalue weighted by Crippen LogP contribution is 2.34. The van der Waals surface area contributed by atoms with Gasteiger partial charge in [-0.25, -0.2) is 14.4 Å². The lowest BCUT2D eigenvalue weighted by atomic mass is 9.95. The van der Waals surface area contributed by atoms with E-state index in [-0.39, 0.29) is 24.1 Å². The first-order valence-corrected chi connectivity index (χ1v) is 11.3. The van der Waals surface area contributed by atoms with Crippen molar-refractivity contribution >= 4 is 29.2 Å². The second-order valence-corrected chi connectivity index (χ2v) is 8.40. The van der Waals surface area contributed by atoms with Crippen LogP contribution in [0.5, 0.6) is 0 Å². The molecule has 1 aromatic carbocycles. The molecular formula is C25H24FN9O. The summed E-state index contributed by atoms with van der Waals surface area (Å²) in [5, 5.41) is 11.9. The van der Waals surface area contributed by atoms with Crippen LogP contribution in [0.1, 0.15) is 23.7 Å². The molecule has 182 valence electrons. The Kier molecular flexibility index (Phi) is 6.11. The topological polar surface area (TPSA) is 127 Å². The number of anilines is 2. The van der Waals surface area contributed by atoms with Crippen LogP contribution in [0.25, 0.3) is 16.9 Å². The molecule has 0 spiro atoms. The fourth-order valence-corrected chi connectivity index (χ4v) is 4.27. The number of amides is 1. The Morgan fingerprint density at radius 3 is 2.81 bits per heavy atom. The van der Waals surface area contributed by atoms with Gasteiger partial charge < -0.3 is 16.0 Å². The molecule has 0 saturated heterocycles. The van der Waals surface area contributed by atoms with Crippen LogP contribution < -0.4 is 16.0 Å². The van der Waals surface area contributed by atoms with Gasteiger partial charge in [0.25, 0.3) is 0 Å². The van der Waals surface area contributed by atoms with Crippen molar-refractivity contribution in [1.82, 2.24) is 24.6 Å². The molecule has 1 amide bonds. The summed E-state index contributed by atoms with van der Waals surface area (Å²) in [7, 11) is 3.37. The predicted octanol–water partition coefficient (Wildman–Crippen LogP) is 2.93. The van der Waals surface area contributed by atoms with Crippen LogP contribution in [0.2, 0.25) is 0 Å². The van der Waals surface area contributed by atoms with Gasteiger partial charge in [0, 0.05) is 38.2 Å². The van der Waals surface area contributed by atoms with Gasteiger partial charge in [-0.1, -0.05) is 12.1 Å². The third kappa shape index (κ3) is 4.38. The molecule has 3 N–H and O–H groups in total. The number of carbonyl (C=O) groups is 1. The van der Waals surface area contributed by atoms with E-state index in [9.17, 15) is 9.18 Å². The van der Waals surface area contributed by atoms with Crippen molar-refractivity contribution in [2.24, 2.45) is 10.7 Å². The van der Waals surface area contributed by atoms with Crippen LogP contribution in [-0.2, 0) is 11.2 Å². The van der Waals surface area contributed by atoms with Gasteiger partial charge >= 0.3 is 0 Å². The third-order valence-corrected chi connectivity index (χ3v) is 6.10. The SMILES string of the molecule is CN=C(C=CN)Nc1nccc(-c2cc3n4c(nnc4c2)C(Cc2ccc(F)cc2)CC(=O)N3C)n1. The molecular weight excluding hydrogens is 461 g/mol. The average molecular weight is 486 g/mol. The number of aliphatic imine (C=N–C) groups is 1. The number of amidine groups is 1. The molecule has 0 saturated carbocycles. The van der Waals surface area contributed by atoms with Gasteiger partial charge in [-0.05, 0) is 54.6 Å². The molecule has 10 nitrogen and oxygen atoms in total. The van der Waals surface area contributed by atoms with E-state index >= 15 is 0 Å². The minimum atomic E-state index is -0.296. The van der Waals surface area contributed by atoms with Gasteiger partial charge in [-0.2, -0.15) is 0 Å². The molecule has 4 aromatic rings. The number of nitrogens with one attached hydrogen (secondary N) is 1. The molecule has 0 radical (unpaired) electrons. The Bertz CT molecular complexity index is 1490. The zero-order valence-electron chi connectivity index (χ0n) is 19.8. The quantitative estimate of drug-likeness (QED) is 0.329.